The van der Waals surface area contributed by atoms with Gasteiger partial charge in [0.1, 0.15) is 0 Å². The number of hydrogen-bond donors (Lipinski definition) is 1. The Labute approximate surface area is 111 Å². The third kappa shape index (κ3) is 3.44. The molecule has 2 N–H and O–H groups in total. The summed E-state index contributed by atoms with van der Waals surface area (Å²) >= 11 is 0. The average molecular weight is 255 g/mol. The van der Waals surface area contributed by atoms with E-state index in [1.165, 1.54) is 25.9 Å². The Balaban J connectivity index is 1.90. The first-order valence-corrected chi connectivity index (χ1v) is 7.32. The van der Waals surface area contributed by atoms with Crippen LogP contribution in [0.25, 0.3) is 0 Å². The Bertz CT molecular complexity index is 251. The predicted octanol–water partition coefficient (Wildman–Crippen LogP) is 0.768. The Morgan fingerprint density at radius 2 is 2.06 bits per heavy atom. The van der Waals surface area contributed by atoms with Crippen LogP contribution < -0.4 is 5.73 Å². The van der Waals surface area contributed by atoms with Crippen LogP contribution in [0, 0.1) is 5.41 Å². The van der Waals surface area contributed by atoms with E-state index < -0.39 is 0 Å². The highest BCUT2D eigenvalue weighted by Crippen LogP contribution is 2.31. The van der Waals surface area contributed by atoms with E-state index in [4.69, 9.17) is 10.5 Å². The maximum Gasteiger partial charge on any atom is 0.0472 e. The molecule has 2 heterocycles. The van der Waals surface area contributed by atoms with Gasteiger partial charge in [-0.1, -0.05) is 0 Å². The molecule has 0 aromatic rings. The molecule has 0 amide bonds. The fourth-order valence-corrected chi connectivity index (χ4v) is 3.30. The molecule has 0 spiro atoms. The van der Waals surface area contributed by atoms with Gasteiger partial charge in [0.05, 0.1) is 0 Å². The molecule has 2 rings (SSSR count). The number of nitrogens with zero attached hydrogens (tertiary/aromatic N) is 2. The van der Waals surface area contributed by atoms with Gasteiger partial charge in [0.2, 0.25) is 0 Å². The van der Waals surface area contributed by atoms with Gasteiger partial charge in [-0.25, -0.2) is 0 Å². The van der Waals surface area contributed by atoms with Crippen LogP contribution in [0.4, 0.5) is 0 Å². The minimum atomic E-state index is 0.312. The van der Waals surface area contributed by atoms with Gasteiger partial charge in [-0.05, 0) is 58.3 Å². The molecule has 0 radical (unpaired) electrons. The number of likely N-dealkylation sites (N-methyl/N-ethyl adjacent to an activating group) is 1. The maximum atomic E-state index is 6.06. The van der Waals surface area contributed by atoms with Crippen molar-refractivity contribution in [3.8, 4) is 0 Å². The summed E-state index contributed by atoms with van der Waals surface area (Å²) in [4.78, 5) is 5.00. The molecule has 0 saturated carbocycles. The molecule has 2 saturated heterocycles. The summed E-state index contributed by atoms with van der Waals surface area (Å²) in [5.41, 5.74) is 6.37. The molecule has 2 aliphatic rings. The standard InChI is InChI=1S/C14H29N3O/c1-16(2)13-4-3-7-17(10-13)12-14(11-15)5-8-18-9-6-14/h13H,3-12,15H2,1-2H3. The molecule has 1 atom stereocenters. The smallest absolute Gasteiger partial charge is 0.0472 e. The first kappa shape index (κ1) is 14.3. The number of likely N-dealkylation sites (tertiary alicyclic amines) is 1. The zero-order valence-electron chi connectivity index (χ0n) is 12.0. The molecular weight excluding hydrogens is 226 g/mol. The topological polar surface area (TPSA) is 41.7 Å². The molecule has 2 aliphatic heterocycles. The molecule has 18 heavy (non-hydrogen) atoms. The minimum absolute atomic E-state index is 0.312. The lowest BCUT2D eigenvalue weighted by atomic mass is 9.79. The molecule has 1 unspecified atom stereocenters. The Morgan fingerprint density at radius 1 is 1.33 bits per heavy atom. The van der Waals surface area contributed by atoms with Crippen molar-refractivity contribution in [2.75, 3.05) is 53.5 Å². The lowest BCUT2D eigenvalue weighted by molar-refractivity contribution is -0.00872. The minimum Gasteiger partial charge on any atom is -0.381 e. The van der Waals surface area contributed by atoms with E-state index in [1.54, 1.807) is 0 Å². The van der Waals surface area contributed by atoms with Gasteiger partial charge in [0.15, 0.2) is 0 Å². The SMILES string of the molecule is CN(C)C1CCCN(CC2(CN)CCOCC2)C1. The first-order chi connectivity index (χ1) is 8.65. The summed E-state index contributed by atoms with van der Waals surface area (Å²) in [6.07, 6.45) is 4.92. The van der Waals surface area contributed by atoms with E-state index in [-0.39, 0.29) is 0 Å². The van der Waals surface area contributed by atoms with Crippen LogP contribution >= 0.6 is 0 Å². The Kier molecular flexibility index (Phi) is 5.01. The summed E-state index contributed by atoms with van der Waals surface area (Å²) in [6, 6.07) is 0.716. The summed E-state index contributed by atoms with van der Waals surface area (Å²) in [7, 11) is 4.39. The zero-order valence-corrected chi connectivity index (χ0v) is 12.0. The number of ether oxygens (including phenoxy) is 1. The van der Waals surface area contributed by atoms with Crippen LogP contribution in [0.15, 0.2) is 0 Å². The van der Waals surface area contributed by atoms with Gasteiger partial charge >= 0.3 is 0 Å². The highest BCUT2D eigenvalue weighted by Gasteiger charge is 2.34. The molecule has 4 heteroatoms. The molecule has 4 nitrogen and oxygen atoms in total. The number of piperidine rings is 1. The molecule has 0 aromatic heterocycles. The predicted molar refractivity (Wildman–Crippen MR) is 74.7 cm³/mol. The molecule has 106 valence electrons. The van der Waals surface area contributed by atoms with Crippen LogP contribution in [-0.2, 0) is 4.74 Å². The fraction of sp³-hybridized carbons (Fsp3) is 1.00. The van der Waals surface area contributed by atoms with Crippen LogP contribution in [0.3, 0.4) is 0 Å². The largest absolute Gasteiger partial charge is 0.381 e. The van der Waals surface area contributed by atoms with Crippen molar-refractivity contribution < 1.29 is 4.74 Å². The number of nitrogens with two attached hydrogens (primary N) is 1. The van der Waals surface area contributed by atoms with Crippen molar-refractivity contribution in [3.63, 3.8) is 0 Å². The van der Waals surface area contributed by atoms with Gasteiger partial charge in [-0.15, -0.1) is 0 Å². The Hall–Kier alpha value is -0.160. The van der Waals surface area contributed by atoms with Gasteiger partial charge in [0, 0.05) is 32.3 Å². The maximum absolute atomic E-state index is 6.06. The van der Waals surface area contributed by atoms with Crippen molar-refractivity contribution in [1.82, 2.24) is 9.80 Å². The fourth-order valence-electron chi connectivity index (χ4n) is 3.30. The molecule has 2 fully saturated rings. The van der Waals surface area contributed by atoms with E-state index in [2.05, 4.69) is 23.9 Å². The monoisotopic (exact) mass is 255 g/mol. The molecule has 0 bridgehead atoms. The summed E-state index contributed by atoms with van der Waals surface area (Å²) in [6.45, 7) is 6.20. The van der Waals surface area contributed by atoms with Gasteiger partial charge in [-0.2, -0.15) is 0 Å². The van der Waals surface area contributed by atoms with Crippen LogP contribution in [0.2, 0.25) is 0 Å². The molecular formula is C14H29N3O. The van der Waals surface area contributed by atoms with Crippen LogP contribution in [0.5, 0.6) is 0 Å². The first-order valence-electron chi connectivity index (χ1n) is 7.32. The van der Waals surface area contributed by atoms with Gasteiger partial charge in [-0.3, -0.25) is 0 Å². The lowest BCUT2D eigenvalue weighted by Crippen LogP contribution is -2.51. The molecule has 0 aliphatic carbocycles. The van der Waals surface area contributed by atoms with Gasteiger partial charge < -0.3 is 20.3 Å². The van der Waals surface area contributed by atoms with E-state index in [0.29, 0.717) is 11.5 Å². The normalized spacial score (nSPS) is 29.7. The van der Waals surface area contributed by atoms with Gasteiger partial charge in [0.25, 0.3) is 0 Å². The highest BCUT2D eigenvalue weighted by molar-refractivity contribution is 4.88. The quantitative estimate of drug-likeness (QED) is 0.805. The van der Waals surface area contributed by atoms with E-state index in [0.717, 1.165) is 39.1 Å². The van der Waals surface area contributed by atoms with Crippen molar-refractivity contribution in [2.45, 2.75) is 31.7 Å². The third-order valence-electron chi connectivity index (χ3n) is 4.76. The summed E-state index contributed by atoms with van der Waals surface area (Å²) < 4.78 is 5.49. The number of rotatable bonds is 4. The Morgan fingerprint density at radius 3 is 2.67 bits per heavy atom. The highest BCUT2D eigenvalue weighted by atomic mass is 16.5. The lowest BCUT2D eigenvalue weighted by Gasteiger charge is -2.44. The van der Waals surface area contributed by atoms with Crippen molar-refractivity contribution in [1.29, 1.82) is 0 Å². The average Bonchev–Trinajstić information content (AvgIpc) is 2.40. The second-order valence-corrected chi connectivity index (χ2v) is 6.31. The zero-order chi connectivity index (χ0) is 13.0. The van der Waals surface area contributed by atoms with Crippen molar-refractivity contribution in [3.05, 3.63) is 0 Å². The van der Waals surface area contributed by atoms with Crippen LogP contribution in [0.1, 0.15) is 25.7 Å². The summed E-state index contributed by atoms with van der Waals surface area (Å²) in [5, 5.41) is 0. The molecule has 0 aromatic carbocycles. The summed E-state index contributed by atoms with van der Waals surface area (Å²) in [5.74, 6) is 0. The second kappa shape index (κ2) is 6.33. The second-order valence-electron chi connectivity index (χ2n) is 6.31. The van der Waals surface area contributed by atoms with Crippen LogP contribution in [-0.4, -0.2) is 69.3 Å². The van der Waals surface area contributed by atoms with E-state index in [9.17, 15) is 0 Å². The third-order valence-corrected chi connectivity index (χ3v) is 4.76. The van der Waals surface area contributed by atoms with E-state index in [1.807, 2.05) is 0 Å². The van der Waals surface area contributed by atoms with E-state index >= 15 is 0 Å². The van der Waals surface area contributed by atoms with Crippen molar-refractivity contribution in [2.24, 2.45) is 11.1 Å². The number of hydrogen-bond acceptors (Lipinski definition) is 4. The van der Waals surface area contributed by atoms with Crippen molar-refractivity contribution >= 4 is 0 Å².